The van der Waals surface area contributed by atoms with Gasteiger partial charge in [-0.1, -0.05) is 47.5 Å². The maximum atomic E-state index is 12.3. The minimum absolute atomic E-state index is 0.180. The second kappa shape index (κ2) is 12.6. The second-order valence-corrected chi connectivity index (χ2v) is 9.32. The Hall–Kier alpha value is -3.36. The Labute approximate surface area is 217 Å². The number of Topliss-reactive ketones (excluding diaryl/α,β-unsaturated/α-hetero) is 4. The Bertz CT molecular complexity index is 1110. The number of hydrogen-bond donors (Lipinski definition) is 2. The molecule has 10 heteroatoms. The molecule has 0 spiro atoms. The van der Waals surface area contributed by atoms with Crippen LogP contribution in [0, 0.1) is 0 Å². The van der Waals surface area contributed by atoms with Crippen LogP contribution in [-0.4, -0.2) is 47.0 Å². The summed E-state index contributed by atoms with van der Waals surface area (Å²) in [4.78, 5) is 73.4. The summed E-state index contributed by atoms with van der Waals surface area (Å²) in [6.45, 7) is 0. The molecular weight excluding hydrogens is 507 g/mol. The van der Waals surface area contributed by atoms with Gasteiger partial charge in [0.2, 0.25) is 11.6 Å². The summed E-state index contributed by atoms with van der Waals surface area (Å²) in [6.07, 6.45) is 0.695. The fourth-order valence-electron chi connectivity index (χ4n) is 3.93. The lowest BCUT2D eigenvalue weighted by Crippen LogP contribution is -2.47. The van der Waals surface area contributed by atoms with Crippen molar-refractivity contribution < 1.29 is 28.8 Å². The minimum Gasteiger partial charge on any atom is -0.347 e. The topological polar surface area (TPSA) is 126 Å². The van der Waals surface area contributed by atoms with E-state index in [-0.39, 0.29) is 33.3 Å². The van der Waals surface area contributed by atoms with Crippen LogP contribution in [0.2, 0.25) is 10.0 Å². The van der Waals surface area contributed by atoms with Gasteiger partial charge in [-0.3, -0.25) is 28.8 Å². The van der Waals surface area contributed by atoms with E-state index in [1.807, 2.05) is 0 Å². The Balaban J connectivity index is 1.41. The Morgan fingerprint density at radius 1 is 0.611 bits per heavy atom. The molecule has 1 aliphatic rings. The normalized spacial score (nSPS) is 17.1. The van der Waals surface area contributed by atoms with Crippen molar-refractivity contribution in [1.29, 1.82) is 0 Å². The fraction of sp³-hybridized carbons (Fsp3) is 0.308. The summed E-state index contributed by atoms with van der Waals surface area (Å²) in [5, 5.41) is 5.67. The molecule has 0 atom stereocenters. The van der Waals surface area contributed by atoms with Crippen LogP contribution in [0.15, 0.2) is 48.5 Å². The highest BCUT2D eigenvalue weighted by molar-refractivity contribution is 6.42. The van der Waals surface area contributed by atoms with Crippen molar-refractivity contribution in [2.45, 2.75) is 50.6 Å². The highest BCUT2D eigenvalue weighted by Crippen LogP contribution is 2.20. The molecule has 2 amide bonds. The molecule has 0 saturated heterocycles. The summed E-state index contributed by atoms with van der Waals surface area (Å²) >= 11 is 11.9. The van der Waals surface area contributed by atoms with Crippen LogP contribution in [0.4, 0.5) is 0 Å². The van der Waals surface area contributed by atoms with E-state index in [2.05, 4.69) is 10.6 Å². The number of carbonyl (C=O) groups excluding carboxylic acids is 6. The molecule has 0 unspecified atom stereocenters. The molecule has 2 aromatic rings. The Kier molecular flexibility index (Phi) is 9.50. The average molecular weight is 531 g/mol. The quantitative estimate of drug-likeness (QED) is 0.275. The summed E-state index contributed by atoms with van der Waals surface area (Å²) in [5.41, 5.74) is 0.361. The van der Waals surface area contributed by atoms with Gasteiger partial charge < -0.3 is 10.6 Å². The standard InChI is InChI=1S/C26H24Cl2N2O6/c27-19-7-3-1-5-17(19)21(31)13-23(33)25(35)29-15-9-11-16(12-10-15)30-26(36)24(34)14-22(32)18-6-2-4-8-20(18)28/h1-8,15-16H,9-14H2,(H,29,35)(H,30,36). The molecule has 1 fully saturated rings. The van der Waals surface area contributed by atoms with E-state index in [4.69, 9.17) is 23.2 Å². The predicted octanol–water partition coefficient (Wildman–Crippen LogP) is 3.52. The number of rotatable bonds is 10. The molecule has 0 radical (unpaired) electrons. The molecule has 2 aromatic carbocycles. The van der Waals surface area contributed by atoms with Gasteiger partial charge in [0, 0.05) is 23.2 Å². The number of carbonyl (C=O) groups is 6. The van der Waals surface area contributed by atoms with Crippen LogP contribution in [0.25, 0.3) is 0 Å². The van der Waals surface area contributed by atoms with E-state index in [1.165, 1.54) is 24.3 Å². The van der Waals surface area contributed by atoms with Crippen molar-refractivity contribution in [3.63, 3.8) is 0 Å². The van der Waals surface area contributed by atoms with Gasteiger partial charge in [-0.15, -0.1) is 0 Å². The molecule has 1 aliphatic carbocycles. The van der Waals surface area contributed by atoms with Gasteiger partial charge in [0.15, 0.2) is 11.6 Å². The van der Waals surface area contributed by atoms with Gasteiger partial charge in [-0.2, -0.15) is 0 Å². The molecule has 2 N–H and O–H groups in total. The number of hydrogen-bond acceptors (Lipinski definition) is 6. The average Bonchev–Trinajstić information content (AvgIpc) is 2.85. The first kappa shape index (κ1) is 27.2. The zero-order valence-electron chi connectivity index (χ0n) is 19.2. The number of halogens is 2. The Morgan fingerprint density at radius 2 is 0.944 bits per heavy atom. The monoisotopic (exact) mass is 530 g/mol. The van der Waals surface area contributed by atoms with Gasteiger partial charge in [0.1, 0.15) is 0 Å². The van der Waals surface area contributed by atoms with E-state index in [0.717, 1.165) is 0 Å². The van der Waals surface area contributed by atoms with Crippen molar-refractivity contribution in [3.8, 4) is 0 Å². The maximum Gasteiger partial charge on any atom is 0.288 e. The van der Waals surface area contributed by atoms with Crippen molar-refractivity contribution in [3.05, 3.63) is 69.7 Å². The van der Waals surface area contributed by atoms with Crippen LogP contribution in [-0.2, 0) is 19.2 Å². The first-order valence-corrected chi connectivity index (χ1v) is 12.1. The molecule has 8 nitrogen and oxygen atoms in total. The first-order chi connectivity index (χ1) is 17.2. The fourth-order valence-corrected chi connectivity index (χ4v) is 4.41. The summed E-state index contributed by atoms with van der Waals surface area (Å²) in [5.74, 6) is -4.49. The van der Waals surface area contributed by atoms with Crippen molar-refractivity contribution in [2.24, 2.45) is 0 Å². The third-order valence-electron chi connectivity index (χ3n) is 5.89. The zero-order valence-corrected chi connectivity index (χ0v) is 20.7. The Morgan fingerprint density at radius 3 is 1.28 bits per heavy atom. The van der Waals surface area contributed by atoms with Crippen molar-refractivity contribution in [2.75, 3.05) is 0 Å². The number of amides is 2. The van der Waals surface area contributed by atoms with E-state index < -0.39 is 47.8 Å². The highest BCUT2D eigenvalue weighted by atomic mass is 35.5. The largest absolute Gasteiger partial charge is 0.347 e. The number of benzene rings is 2. The van der Waals surface area contributed by atoms with Crippen LogP contribution in [0.1, 0.15) is 59.2 Å². The summed E-state index contributed by atoms with van der Waals surface area (Å²) in [7, 11) is 0. The van der Waals surface area contributed by atoms with E-state index in [0.29, 0.717) is 25.7 Å². The van der Waals surface area contributed by atoms with Gasteiger partial charge in [-0.25, -0.2) is 0 Å². The lowest BCUT2D eigenvalue weighted by molar-refractivity contribution is -0.138. The third kappa shape index (κ3) is 7.32. The number of ketones is 4. The van der Waals surface area contributed by atoms with Gasteiger partial charge >= 0.3 is 0 Å². The lowest BCUT2D eigenvalue weighted by Gasteiger charge is -2.29. The molecule has 188 valence electrons. The SMILES string of the molecule is O=C(CC(=O)c1ccccc1Cl)C(=O)NC1CCC(NC(=O)C(=O)CC(=O)c2ccccc2Cl)CC1. The van der Waals surface area contributed by atoms with Crippen LogP contribution in [0.5, 0.6) is 0 Å². The van der Waals surface area contributed by atoms with Gasteiger partial charge in [0.25, 0.3) is 11.8 Å². The molecule has 0 heterocycles. The molecule has 0 aliphatic heterocycles. The summed E-state index contributed by atoms with van der Waals surface area (Å²) < 4.78 is 0. The lowest BCUT2D eigenvalue weighted by atomic mass is 9.90. The highest BCUT2D eigenvalue weighted by Gasteiger charge is 2.28. The smallest absolute Gasteiger partial charge is 0.288 e. The van der Waals surface area contributed by atoms with Crippen LogP contribution >= 0.6 is 23.2 Å². The van der Waals surface area contributed by atoms with E-state index in [1.54, 1.807) is 24.3 Å². The maximum absolute atomic E-state index is 12.3. The minimum atomic E-state index is -0.857. The van der Waals surface area contributed by atoms with E-state index in [9.17, 15) is 28.8 Å². The molecule has 1 saturated carbocycles. The molecule has 0 aromatic heterocycles. The molecule has 36 heavy (non-hydrogen) atoms. The molecule has 0 bridgehead atoms. The zero-order chi connectivity index (χ0) is 26.2. The van der Waals surface area contributed by atoms with E-state index >= 15 is 0 Å². The first-order valence-electron chi connectivity index (χ1n) is 11.4. The van der Waals surface area contributed by atoms with Crippen LogP contribution < -0.4 is 10.6 Å². The van der Waals surface area contributed by atoms with Gasteiger partial charge in [-0.05, 0) is 49.9 Å². The molecule has 3 rings (SSSR count). The van der Waals surface area contributed by atoms with Gasteiger partial charge in [0.05, 0.1) is 22.9 Å². The van der Waals surface area contributed by atoms with Crippen molar-refractivity contribution >= 4 is 58.1 Å². The molecular formula is C26H24Cl2N2O6. The second-order valence-electron chi connectivity index (χ2n) is 8.50. The third-order valence-corrected chi connectivity index (χ3v) is 6.55. The summed E-state index contributed by atoms with van der Waals surface area (Å²) in [6, 6.07) is 12.0. The van der Waals surface area contributed by atoms with Crippen LogP contribution in [0.3, 0.4) is 0 Å². The predicted molar refractivity (Wildman–Crippen MR) is 133 cm³/mol. The van der Waals surface area contributed by atoms with Crippen molar-refractivity contribution in [1.82, 2.24) is 10.6 Å². The number of nitrogens with one attached hydrogen (secondary N) is 2.